The fraction of sp³-hybridized carbons (Fsp3) is 0.462. The Morgan fingerprint density at radius 3 is 2.50 bits per heavy atom. The van der Waals surface area contributed by atoms with E-state index in [4.69, 9.17) is 4.74 Å². The number of aryl methyl sites for hydroxylation is 1. The van der Waals surface area contributed by atoms with Gasteiger partial charge in [-0.3, -0.25) is 4.68 Å². The van der Waals surface area contributed by atoms with Crippen molar-refractivity contribution in [3.8, 4) is 0 Å². The van der Waals surface area contributed by atoms with E-state index in [2.05, 4.69) is 20.6 Å². The van der Waals surface area contributed by atoms with E-state index in [1.54, 1.807) is 18.7 Å². The molecule has 9 heteroatoms. The summed E-state index contributed by atoms with van der Waals surface area (Å²) >= 11 is 0. The standard InChI is InChI=1S/C13H16F3N5O/c1-8-12(9(2)21(20-8)6-7-22-3)17-11-5-4-10(18-19-11)13(14,15)16/h4-5H,6-7H2,1-3H3,(H,17,19). The summed E-state index contributed by atoms with van der Waals surface area (Å²) < 4.78 is 44.1. The largest absolute Gasteiger partial charge is 0.435 e. The van der Waals surface area contributed by atoms with Gasteiger partial charge in [-0.25, -0.2) is 0 Å². The summed E-state index contributed by atoms with van der Waals surface area (Å²) in [7, 11) is 1.60. The highest BCUT2D eigenvalue weighted by atomic mass is 19.4. The van der Waals surface area contributed by atoms with E-state index in [9.17, 15) is 13.2 Å². The molecule has 1 N–H and O–H groups in total. The van der Waals surface area contributed by atoms with Crippen LogP contribution in [0.25, 0.3) is 0 Å². The molecule has 0 aliphatic rings. The molecular weight excluding hydrogens is 299 g/mol. The molecule has 0 saturated heterocycles. The number of hydrogen-bond acceptors (Lipinski definition) is 5. The van der Waals surface area contributed by atoms with Gasteiger partial charge in [0, 0.05) is 7.11 Å². The molecule has 0 fully saturated rings. The van der Waals surface area contributed by atoms with Crippen molar-refractivity contribution >= 4 is 11.5 Å². The molecule has 2 rings (SSSR count). The number of methoxy groups -OCH3 is 1. The van der Waals surface area contributed by atoms with Crippen LogP contribution in [0.15, 0.2) is 12.1 Å². The number of halogens is 3. The van der Waals surface area contributed by atoms with Crippen molar-refractivity contribution in [1.29, 1.82) is 0 Å². The van der Waals surface area contributed by atoms with Crippen LogP contribution in [-0.2, 0) is 17.5 Å². The minimum atomic E-state index is -4.50. The Hall–Kier alpha value is -2.16. The Bertz CT molecular complexity index is 636. The molecule has 2 aromatic rings. The van der Waals surface area contributed by atoms with Crippen LogP contribution in [0.5, 0.6) is 0 Å². The quantitative estimate of drug-likeness (QED) is 0.919. The normalized spacial score (nSPS) is 11.7. The molecule has 120 valence electrons. The molecule has 0 aliphatic heterocycles. The molecule has 0 aliphatic carbocycles. The van der Waals surface area contributed by atoms with Crippen molar-refractivity contribution in [2.45, 2.75) is 26.6 Å². The summed E-state index contributed by atoms with van der Waals surface area (Å²) in [6, 6.07) is 2.12. The zero-order valence-corrected chi connectivity index (χ0v) is 12.4. The van der Waals surface area contributed by atoms with Gasteiger partial charge in [0.1, 0.15) is 0 Å². The third-order valence-electron chi connectivity index (χ3n) is 3.10. The number of anilines is 2. The van der Waals surface area contributed by atoms with Gasteiger partial charge in [0.2, 0.25) is 0 Å². The molecule has 0 atom stereocenters. The molecule has 0 saturated carbocycles. The Kier molecular flexibility index (Phi) is 4.65. The monoisotopic (exact) mass is 315 g/mol. The number of alkyl halides is 3. The van der Waals surface area contributed by atoms with Crippen molar-refractivity contribution in [2.75, 3.05) is 19.0 Å². The van der Waals surface area contributed by atoms with E-state index in [0.29, 0.717) is 18.8 Å². The topological polar surface area (TPSA) is 64.9 Å². The lowest BCUT2D eigenvalue weighted by molar-refractivity contribution is -0.141. The van der Waals surface area contributed by atoms with Crippen molar-refractivity contribution in [3.63, 3.8) is 0 Å². The maximum atomic E-state index is 12.4. The third-order valence-corrected chi connectivity index (χ3v) is 3.10. The smallest absolute Gasteiger partial charge is 0.383 e. The van der Waals surface area contributed by atoms with E-state index in [0.717, 1.165) is 17.5 Å². The summed E-state index contributed by atoms with van der Waals surface area (Å²) in [5.41, 5.74) is 1.24. The summed E-state index contributed by atoms with van der Waals surface area (Å²) in [6.45, 7) is 4.76. The summed E-state index contributed by atoms with van der Waals surface area (Å²) in [5.74, 6) is 0.227. The van der Waals surface area contributed by atoms with Gasteiger partial charge in [-0.15, -0.1) is 10.2 Å². The number of nitrogens with zero attached hydrogens (tertiary/aromatic N) is 4. The zero-order valence-electron chi connectivity index (χ0n) is 12.4. The Labute approximate surface area is 125 Å². The molecule has 0 radical (unpaired) electrons. The van der Waals surface area contributed by atoms with E-state index in [-0.39, 0.29) is 5.82 Å². The Morgan fingerprint density at radius 2 is 1.95 bits per heavy atom. The molecule has 0 bridgehead atoms. The minimum Gasteiger partial charge on any atom is -0.383 e. The van der Waals surface area contributed by atoms with E-state index in [1.165, 1.54) is 6.07 Å². The average molecular weight is 315 g/mol. The molecule has 2 aromatic heterocycles. The molecule has 6 nitrogen and oxygen atoms in total. The second-order valence-electron chi connectivity index (χ2n) is 4.69. The van der Waals surface area contributed by atoms with Crippen molar-refractivity contribution < 1.29 is 17.9 Å². The van der Waals surface area contributed by atoms with Crippen LogP contribution in [0.3, 0.4) is 0 Å². The van der Waals surface area contributed by atoms with Gasteiger partial charge < -0.3 is 10.1 Å². The zero-order chi connectivity index (χ0) is 16.3. The van der Waals surface area contributed by atoms with Gasteiger partial charge in [-0.05, 0) is 26.0 Å². The first-order valence-electron chi connectivity index (χ1n) is 6.54. The molecule has 0 spiro atoms. The van der Waals surface area contributed by atoms with Crippen LogP contribution in [0.1, 0.15) is 17.1 Å². The van der Waals surface area contributed by atoms with Gasteiger partial charge in [0.05, 0.1) is 30.2 Å². The highest BCUT2D eigenvalue weighted by Crippen LogP contribution is 2.28. The summed E-state index contributed by atoms with van der Waals surface area (Å²) in [6.07, 6.45) is -4.50. The molecule has 22 heavy (non-hydrogen) atoms. The number of nitrogens with one attached hydrogen (secondary N) is 1. The SMILES string of the molecule is COCCn1nc(C)c(Nc2ccc(C(F)(F)F)nn2)c1C. The lowest BCUT2D eigenvalue weighted by Crippen LogP contribution is -2.10. The number of rotatable bonds is 5. The third kappa shape index (κ3) is 3.53. The summed E-state index contributed by atoms with van der Waals surface area (Å²) in [4.78, 5) is 0. The molecule has 2 heterocycles. The van der Waals surface area contributed by atoms with E-state index >= 15 is 0 Å². The van der Waals surface area contributed by atoms with Crippen LogP contribution in [0.4, 0.5) is 24.7 Å². The van der Waals surface area contributed by atoms with Gasteiger partial charge in [-0.2, -0.15) is 18.3 Å². The first-order chi connectivity index (χ1) is 10.3. The fourth-order valence-electron chi connectivity index (χ4n) is 1.95. The van der Waals surface area contributed by atoms with Gasteiger partial charge >= 0.3 is 6.18 Å². The van der Waals surface area contributed by atoms with Crippen molar-refractivity contribution in [2.24, 2.45) is 0 Å². The molecular formula is C13H16F3N5O. The minimum absolute atomic E-state index is 0.227. The molecule has 0 unspecified atom stereocenters. The molecule has 0 amide bonds. The lowest BCUT2D eigenvalue weighted by atomic mass is 10.3. The van der Waals surface area contributed by atoms with Gasteiger partial charge in [0.25, 0.3) is 0 Å². The number of aromatic nitrogens is 4. The van der Waals surface area contributed by atoms with Crippen molar-refractivity contribution in [3.05, 3.63) is 29.2 Å². The highest BCUT2D eigenvalue weighted by Gasteiger charge is 2.32. The summed E-state index contributed by atoms with van der Waals surface area (Å²) in [5, 5.41) is 14.0. The van der Waals surface area contributed by atoms with Gasteiger partial charge in [-0.1, -0.05) is 0 Å². The van der Waals surface area contributed by atoms with E-state index in [1.807, 2.05) is 6.92 Å². The van der Waals surface area contributed by atoms with Crippen LogP contribution in [0, 0.1) is 13.8 Å². The predicted molar refractivity (Wildman–Crippen MR) is 73.9 cm³/mol. The maximum absolute atomic E-state index is 12.4. The highest BCUT2D eigenvalue weighted by molar-refractivity contribution is 5.61. The van der Waals surface area contributed by atoms with Crippen LogP contribution >= 0.6 is 0 Å². The number of hydrogen-bond donors (Lipinski definition) is 1. The number of ether oxygens (including phenoxy) is 1. The predicted octanol–water partition coefficient (Wildman–Crippen LogP) is 2.70. The Balaban J connectivity index is 2.18. The van der Waals surface area contributed by atoms with Gasteiger partial charge in [0.15, 0.2) is 11.5 Å². The lowest BCUT2D eigenvalue weighted by Gasteiger charge is -2.08. The van der Waals surface area contributed by atoms with Crippen LogP contribution in [-0.4, -0.2) is 33.7 Å². The fourth-order valence-corrected chi connectivity index (χ4v) is 1.95. The average Bonchev–Trinajstić information content (AvgIpc) is 2.72. The maximum Gasteiger partial charge on any atom is 0.435 e. The van der Waals surface area contributed by atoms with Crippen LogP contribution < -0.4 is 5.32 Å². The van der Waals surface area contributed by atoms with Crippen LogP contribution in [0.2, 0.25) is 0 Å². The van der Waals surface area contributed by atoms with E-state index < -0.39 is 11.9 Å². The first-order valence-corrected chi connectivity index (χ1v) is 6.54. The first kappa shape index (κ1) is 16.2. The Morgan fingerprint density at radius 1 is 1.23 bits per heavy atom. The molecule has 0 aromatic carbocycles. The second-order valence-corrected chi connectivity index (χ2v) is 4.69. The van der Waals surface area contributed by atoms with Crippen molar-refractivity contribution in [1.82, 2.24) is 20.0 Å². The second kappa shape index (κ2) is 6.30.